The van der Waals surface area contributed by atoms with E-state index in [1.165, 1.54) is 25.7 Å². The molecular formula is C13H25NO2. The third-order valence-electron chi connectivity index (χ3n) is 4.46. The molecule has 2 rings (SSSR count). The van der Waals surface area contributed by atoms with Gasteiger partial charge in [-0.05, 0) is 63.2 Å². The largest absolute Gasteiger partial charge is 0.393 e. The number of hydrogen-bond donors (Lipinski definition) is 3. The van der Waals surface area contributed by atoms with Crippen LogP contribution in [0.25, 0.3) is 0 Å². The van der Waals surface area contributed by atoms with Crippen molar-refractivity contribution in [1.82, 2.24) is 0 Å². The molecule has 2 aliphatic rings. The minimum atomic E-state index is -0.284. The zero-order valence-electron chi connectivity index (χ0n) is 10.0. The van der Waals surface area contributed by atoms with Gasteiger partial charge in [0, 0.05) is 6.04 Å². The second-order valence-corrected chi connectivity index (χ2v) is 5.82. The molecule has 0 spiro atoms. The number of aliphatic hydroxyl groups is 2. The molecule has 0 aliphatic heterocycles. The van der Waals surface area contributed by atoms with E-state index in [0.29, 0.717) is 5.92 Å². The molecular weight excluding hydrogens is 202 g/mol. The van der Waals surface area contributed by atoms with Crippen LogP contribution >= 0.6 is 0 Å². The molecule has 3 heteroatoms. The van der Waals surface area contributed by atoms with E-state index in [4.69, 9.17) is 5.73 Å². The van der Waals surface area contributed by atoms with Crippen molar-refractivity contribution in [3.05, 3.63) is 0 Å². The topological polar surface area (TPSA) is 66.5 Å². The Kier molecular flexibility index (Phi) is 4.22. The van der Waals surface area contributed by atoms with E-state index in [1.54, 1.807) is 0 Å². The summed E-state index contributed by atoms with van der Waals surface area (Å²) in [4.78, 5) is 0. The molecule has 3 nitrogen and oxygen atoms in total. The first-order valence-corrected chi connectivity index (χ1v) is 6.77. The lowest BCUT2D eigenvalue weighted by Crippen LogP contribution is -2.40. The molecule has 0 heterocycles. The van der Waals surface area contributed by atoms with E-state index in [0.717, 1.165) is 31.6 Å². The second kappa shape index (κ2) is 5.48. The Labute approximate surface area is 98.0 Å². The van der Waals surface area contributed by atoms with Gasteiger partial charge >= 0.3 is 0 Å². The molecule has 0 amide bonds. The van der Waals surface area contributed by atoms with Gasteiger partial charge in [0.2, 0.25) is 0 Å². The van der Waals surface area contributed by atoms with Crippen LogP contribution in [0.2, 0.25) is 0 Å². The average Bonchev–Trinajstić information content (AvgIpc) is 2.27. The molecule has 0 aromatic carbocycles. The van der Waals surface area contributed by atoms with Gasteiger partial charge in [-0.3, -0.25) is 0 Å². The zero-order chi connectivity index (χ0) is 11.5. The van der Waals surface area contributed by atoms with Crippen LogP contribution < -0.4 is 5.73 Å². The summed E-state index contributed by atoms with van der Waals surface area (Å²) in [5, 5.41) is 19.2. The smallest absolute Gasteiger partial charge is 0.0693 e. The highest BCUT2D eigenvalue weighted by atomic mass is 16.3. The third kappa shape index (κ3) is 3.19. The molecule has 0 aromatic heterocycles. The summed E-state index contributed by atoms with van der Waals surface area (Å²) in [6, 6.07) is 0.00410. The Morgan fingerprint density at radius 2 is 1.50 bits per heavy atom. The molecule has 4 N–H and O–H groups in total. The van der Waals surface area contributed by atoms with Crippen LogP contribution in [0.4, 0.5) is 0 Å². The van der Waals surface area contributed by atoms with Crippen LogP contribution in [0.15, 0.2) is 0 Å². The van der Waals surface area contributed by atoms with Crippen molar-refractivity contribution in [2.45, 2.75) is 69.6 Å². The first-order chi connectivity index (χ1) is 7.65. The minimum absolute atomic E-state index is 0.00410. The molecule has 2 saturated carbocycles. The maximum atomic E-state index is 9.75. The first kappa shape index (κ1) is 12.3. The Bertz CT molecular complexity index is 214. The number of nitrogens with two attached hydrogens (primary N) is 1. The van der Waals surface area contributed by atoms with Gasteiger partial charge in [0.05, 0.1) is 12.2 Å². The molecule has 2 fully saturated rings. The van der Waals surface area contributed by atoms with E-state index in [2.05, 4.69) is 0 Å². The highest BCUT2D eigenvalue weighted by Crippen LogP contribution is 2.35. The summed E-state index contributed by atoms with van der Waals surface area (Å²) < 4.78 is 0. The molecule has 16 heavy (non-hydrogen) atoms. The quantitative estimate of drug-likeness (QED) is 0.668. The van der Waals surface area contributed by atoms with Crippen LogP contribution in [-0.4, -0.2) is 28.5 Å². The third-order valence-corrected chi connectivity index (χ3v) is 4.46. The Balaban J connectivity index is 1.73. The monoisotopic (exact) mass is 227 g/mol. The lowest BCUT2D eigenvalue weighted by molar-refractivity contribution is 0.0604. The Morgan fingerprint density at radius 3 is 2.12 bits per heavy atom. The van der Waals surface area contributed by atoms with Gasteiger partial charge in [-0.15, -0.1) is 0 Å². The standard InChI is InChI=1S/C13H25NO2/c14-12-6-3-10(8-13(12)16)7-9-1-4-11(15)5-2-9/h9-13,15-16H,1-8,14H2. The van der Waals surface area contributed by atoms with E-state index in [9.17, 15) is 10.2 Å². The highest BCUT2D eigenvalue weighted by molar-refractivity contribution is 4.84. The number of hydrogen-bond acceptors (Lipinski definition) is 3. The van der Waals surface area contributed by atoms with Gasteiger partial charge in [0.25, 0.3) is 0 Å². The average molecular weight is 227 g/mol. The SMILES string of the molecule is NC1CCC(CC2CCC(O)CC2)CC1O. The molecule has 0 saturated heterocycles. The van der Waals surface area contributed by atoms with Gasteiger partial charge in [-0.2, -0.15) is 0 Å². The van der Waals surface area contributed by atoms with Crippen LogP contribution in [0.1, 0.15) is 51.4 Å². The van der Waals surface area contributed by atoms with E-state index >= 15 is 0 Å². The fraction of sp³-hybridized carbons (Fsp3) is 1.00. The first-order valence-electron chi connectivity index (χ1n) is 6.77. The maximum absolute atomic E-state index is 9.75. The van der Waals surface area contributed by atoms with Gasteiger partial charge in [-0.1, -0.05) is 0 Å². The van der Waals surface area contributed by atoms with Crippen molar-refractivity contribution < 1.29 is 10.2 Å². The van der Waals surface area contributed by atoms with Crippen molar-refractivity contribution in [2.24, 2.45) is 17.6 Å². The lowest BCUT2D eigenvalue weighted by atomic mass is 9.75. The summed E-state index contributed by atoms with van der Waals surface area (Å²) in [5.74, 6) is 1.44. The summed E-state index contributed by atoms with van der Waals surface area (Å²) >= 11 is 0. The second-order valence-electron chi connectivity index (χ2n) is 5.82. The normalized spacial score (nSPS) is 45.6. The van der Waals surface area contributed by atoms with Gasteiger partial charge in [-0.25, -0.2) is 0 Å². The van der Waals surface area contributed by atoms with Crippen molar-refractivity contribution in [3.8, 4) is 0 Å². The molecule has 2 aliphatic carbocycles. The van der Waals surface area contributed by atoms with Gasteiger partial charge in [0.1, 0.15) is 0 Å². The lowest BCUT2D eigenvalue weighted by Gasteiger charge is -2.34. The Hall–Kier alpha value is -0.120. The van der Waals surface area contributed by atoms with Gasteiger partial charge < -0.3 is 15.9 Å². The molecule has 94 valence electrons. The summed E-state index contributed by atoms with van der Waals surface area (Å²) in [6.07, 6.45) is 8.21. The molecule has 3 atom stereocenters. The highest BCUT2D eigenvalue weighted by Gasteiger charge is 2.29. The summed E-state index contributed by atoms with van der Waals surface area (Å²) in [7, 11) is 0. The predicted octanol–water partition coefficient (Wildman–Crippen LogP) is 1.42. The molecule has 0 radical (unpaired) electrons. The van der Waals surface area contributed by atoms with Crippen LogP contribution in [0, 0.1) is 11.8 Å². The summed E-state index contributed by atoms with van der Waals surface area (Å²) in [5.41, 5.74) is 5.81. The van der Waals surface area contributed by atoms with E-state index in [-0.39, 0.29) is 18.2 Å². The van der Waals surface area contributed by atoms with Crippen molar-refractivity contribution in [3.63, 3.8) is 0 Å². The molecule has 0 aromatic rings. The maximum Gasteiger partial charge on any atom is 0.0693 e. The molecule has 3 unspecified atom stereocenters. The van der Waals surface area contributed by atoms with Gasteiger partial charge in [0.15, 0.2) is 0 Å². The van der Waals surface area contributed by atoms with E-state index < -0.39 is 0 Å². The van der Waals surface area contributed by atoms with Crippen LogP contribution in [0.5, 0.6) is 0 Å². The van der Waals surface area contributed by atoms with Crippen LogP contribution in [-0.2, 0) is 0 Å². The van der Waals surface area contributed by atoms with Crippen LogP contribution in [0.3, 0.4) is 0 Å². The number of aliphatic hydroxyl groups excluding tert-OH is 2. The predicted molar refractivity (Wildman–Crippen MR) is 63.9 cm³/mol. The Morgan fingerprint density at radius 1 is 0.875 bits per heavy atom. The summed E-state index contributed by atoms with van der Waals surface area (Å²) in [6.45, 7) is 0. The number of rotatable bonds is 2. The van der Waals surface area contributed by atoms with Crippen molar-refractivity contribution >= 4 is 0 Å². The zero-order valence-corrected chi connectivity index (χ0v) is 10.0. The van der Waals surface area contributed by atoms with Crippen molar-refractivity contribution in [1.29, 1.82) is 0 Å². The fourth-order valence-corrected chi connectivity index (χ4v) is 3.32. The van der Waals surface area contributed by atoms with Crippen molar-refractivity contribution in [2.75, 3.05) is 0 Å². The fourth-order valence-electron chi connectivity index (χ4n) is 3.32. The molecule has 0 bridgehead atoms. The van der Waals surface area contributed by atoms with E-state index in [1.807, 2.05) is 0 Å². The minimum Gasteiger partial charge on any atom is -0.393 e.